The molecule has 0 N–H and O–H groups in total. The zero-order chi connectivity index (χ0) is 27.0. The normalized spacial score (nSPS) is 21.4. The van der Waals surface area contributed by atoms with Gasteiger partial charge in [0.2, 0.25) is 5.91 Å². The van der Waals surface area contributed by atoms with Gasteiger partial charge in [-0.3, -0.25) is 9.69 Å². The fraction of sp³-hybridized carbons (Fsp3) is 0.464. The molecular formula is C28H33N3O6S. The smallest absolute Gasteiger partial charge is 0.414 e. The van der Waals surface area contributed by atoms with Crippen molar-refractivity contribution in [1.29, 1.82) is 0 Å². The number of carbonyl (C=O) groups is 3. The van der Waals surface area contributed by atoms with Crippen molar-refractivity contribution in [2.24, 2.45) is 5.92 Å². The fourth-order valence-electron chi connectivity index (χ4n) is 4.96. The van der Waals surface area contributed by atoms with Gasteiger partial charge in [0.25, 0.3) is 0 Å². The van der Waals surface area contributed by atoms with Crippen LogP contribution in [0.25, 0.3) is 0 Å². The van der Waals surface area contributed by atoms with E-state index in [1.165, 1.54) is 11.8 Å². The van der Waals surface area contributed by atoms with Gasteiger partial charge in [-0.05, 0) is 63.1 Å². The number of ether oxygens (including phenoxy) is 3. The number of hydrogen-bond acceptors (Lipinski definition) is 7. The van der Waals surface area contributed by atoms with Gasteiger partial charge < -0.3 is 24.0 Å². The minimum atomic E-state index is -0.582. The third-order valence-corrected chi connectivity index (χ3v) is 7.98. The lowest BCUT2D eigenvalue weighted by Crippen LogP contribution is -2.57. The molecule has 0 saturated carbocycles. The Morgan fingerprint density at radius 3 is 2.58 bits per heavy atom. The van der Waals surface area contributed by atoms with E-state index < -0.39 is 11.7 Å². The number of anilines is 2. The number of benzene rings is 2. The second-order valence-corrected chi connectivity index (χ2v) is 11.8. The maximum atomic E-state index is 13.1. The van der Waals surface area contributed by atoms with Crippen molar-refractivity contribution >= 4 is 41.2 Å². The molecular weight excluding hydrogens is 506 g/mol. The van der Waals surface area contributed by atoms with Crippen LogP contribution in [0, 0.1) is 5.92 Å². The third-order valence-electron chi connectivity index (χ3n) is 6.93. The summed E-state index contributed by atoms with van der Waals surface area (Å²) < 4.78 is 16.6. The van der Waals surface area contributed by atoms with Crippen LogP contribution in [0.2, 0.25) is 0 Å². The van der Waals surface area contributed by atoms with Crippen molar-refractivity contribution in [2.75, 3.05) is 42.3 Å². The van der Waals surface area contributed by atoms with Crippen LogP contribution in [0.15, 0.2) is 47.4 Å². The Hall–Kier alpha value is -3.40. The predicted molar refractivity (Wildman–Crippen MR) is 145 cm³/mol. The molecule has 3 amide bonds. The first kappa shape index (κ1) is 26.2. The molecule has 2 aromatic carbocycles. The number of likely N-dealkylation sites (tertiary alicyclic amines) is 1. The first-order chi connectivity index (χ1) is 18.1. The number of nitrogens with zero attached hydrogens (tertiary/aromatic N) is 3. The maximum Gasteiger partial charge on any atom is 0.414 e. The molecule has 0 unspecified atom stereocenters. The Bertz CT molecular complexity index is 1230. The number of piperidine rings is 1. The van der Waals surface area contributed by atoms with E-state index >= 15 is 0 Å². The number of hydrogen-bond donors (Lipinski definition) is 0. The molecule has 3 aliphatic heterocycles. The van der Waals surface area contributed by atoms with Gasteiger partial charge in [0, 0.05) is 29.6 Å². The largest absolute Gasteiger partial charge is 0.497 e. The van der Waals surface area contributed by atoms with Crippen LogP contribution < -0.4 is 14.5 Å². The van der Waals surface area contributed by atoms with Gasteiger partial charge in [-0.25, -0.2) is 9.59 Å². The Kier molecular flexibility index (Phi) is 7.17. The van der Waals surface area contributed by atoms with Gasteiger partial charge >= 0.3 is 12.2 Å². The van der Waals surface area contributed by atoms with Gasteiger partial charge in [-0.1, -0.05) is 12.1 Å². The van der Waals surface area contributed by atoms with Crippen molar-refractivity contribution in [1.82, 2.24) is 4.90 Å². The zero-order valence-corrected chi connectivity index (χ0v) is 23.0. The molecule has 3 aliphatic rings. The molecule has 0 spiro atoms. The second-order valence-electron chi connectivity index (χ2n) is 10.8. The van der Waals surface area contributed by atoms with Gasteiger partial charge in [-0.2, -0.15) is 0 Å². The van der Waals surface area contributed by atoms with Crippen LogP contribution in [0.4, 0.5) is 21.0 Å². The van der Waals surface area contributed by atoms with E-state index in [1.54, 1.807) is 21.8 Å². The van der Waals surface area contributed by atoms with Crippen molar-refractivity contribution < 1.29 is 28.6 Å². The lowest BCUT2D eigenvalue weighted by molar-refractivity contribution is -0.116. The number of fused-ring (bicyclic) bond motifs is 2. The summed E-state index contributed by atoms with van der Waals surface area (Å²) in [7, 11) is 1.62. The van der Waals surface area contributed by atoms with Crippen LogP contribution >= 0.6 is 11.8 Å². The molecule has 10 heteroatoms. The van der Waals surface area contributed by atoms with Crippen molar-refractivity contribution in [2.45, 2.75) is 50.3 Å². The standard InChI is InChI=1S/C28H33N3O6S/c1-28(2,3)37-26(33)29-12-11-19-15-30(27(34)36-23(19)16-29)20-7-10-24-22(13-20)31(25(32)17-38-24)14-18-5-8-21(35-4)9-6-18/h5-10,13,19,23H,11-12,14-17H2,1-4H3/t19-,23+/m1/s1. The van der Waals surface area contributed by atoms with Crippen molar-refractivity contribution in [3.05, 3.63) is 48.0 Å². The summed E-state index contributed by atoms with van der Waals surface area (Å²) >= 11 is 1.50. The summed E-state index contributed by atoms with van der Waals surface area (Å²) in [6.07, 6.45) is -0.505. The summed E-state index contributed by atoms with van der Waals surface area (Å²) in [6.45, 7) is 7.28. The summed E-state index contributed by atoms with van der Waals surface area (Å²) in [4.78, 5) is 44.6. The van der Waals surface area contributed by atoms with Crippen LogP contribution in [0.3, 0.4) is 0 Å². The van der Waals surface area contributed by atoms with Gasteiger partial charge in [0.1, 0.15) is 17.5 Å². The molecule has 2 fully saturated rings. The minimum Gasteiger partial charge on any atom is -0.497 e. The van der Waals surface area contributed by atoms with Gasteiger partial charge in [0.15, 0.2) is 0 Å². The van der Waals surface area contributed by atoms with E-state index in [4.69, 9.17) is 14.2 Å². The third kappa shape index (κ3) is 5.55. The van der Waals surface area contributed by atoms with E-state index in [9.17, 15) is 14.4 Å². The second kappa shape index (κ2) is 10.4. The molecule has 0 bridgehead atoms. The quantitative estimate of drug-likeness (QED) is 0.545. The molecule has 202 valence electrons. The molecule has 2 atom stereocenters. The predicted octanol–water partition coefficient (Wildman–Crippen LogP) is 4.92. The summed E-state index contributed by atoms with van der Waals surface area (Å²) in [5.74, 6) is 1.24. The molecule has 0 radical (unpaired) electrons. The topological polar surface area (TPSA) is 88.6 Å². The molecule has 0 aliphatic carbocycles. The van der Waals surface area contributed by atoms with Crippen LogP contribution in [0.1, 0.15) is 32.8 Å². The first-order valence-electron chi connectivity index (χ1n) is 12.8. The Morgan fingerprint density at radius 2 is 1.87 bits per heavy atom. The highest BCUT2D eigenvalue weighted by Gasteiger charge is 2.42. The molecule has 5 rings (SSSR count). The SMILES string of the molecule is COc1ccc(CN2C(=O)CSc3ccc(N4C[C@H]5CCN(C(=O)OC(C)(C)C)C[C@@H]5OC4=O)cc32)cc1. The van der Waals surface area contributed by atoms with Gasteiger partial charge in [0.05, 0.1) is 31.6 Å². The summed E-state index contributed by atoms with van der Waals surface area (Å²) in [6, 6.07) is 13.4. The Morgan fingerprint density at radius 1 is 1.11 bits per heavy atom. The average Bonchev–Trinajstić information content (AvgIpc) is 2.88. The molecule has 38 heavy (non-hydrogen) atoms. The first-order valence-corrected chi connectivity index (χ1v) is 13.8. The number of amides is 3. The van der Waals surface area contributed by atoms with Crippen LogP contribution in [-0.4, -0.2) is 67.2 Å². The Balaban J connectivity index is 1.31. The van der Waals surface area contributed by atoms with E-state index in [1.807, 2.05) is 63.2 Å². The highest BCUT2D eigenvalue weighted by Crippen LogP contribution is 2.40. The number of rotatable bonds is 4. The zero-order valence-electron chi connectivity index (χ0n) is 22.1. The van der Waals surface area contributed by atoms with Crippen molar-refractivity contribution in [3.8, 4) is 5.75 Å². The minimum absolute atomic E-state index is 0.0197. The molecule has 0 aromatic heterocycles. The lowest BCUT2D eigenvalue weighted by Gasteiger charge is -2.44. The summed E-state index contributed by atoms with van der Waals surface area (Å²) in [5, 5.41) is 0. The van der Waals surface area contributed by atoms with E-state index in [0.717, 1.165) is 21.9 Å². The van der Waals surface area contributed by atoms with Crippen LogP contribution in [0.5, 0.6) is 5.75 Å². The lowest BCUT2D eigenvalue weighted by atomic mass is 9.92. The molecule has 2 aromatic rings. The number of methoxy groups -OCH3 is 1. The highest BCUT2D eigenvalue weighted by molar-refractivity contribution is 8.00. The van der Waals surface area contributed by atoms with Crippen LogP contribution in [-0.2, 0) is 20.8 Å². The molecule has 9 nitrogen and oxygen atoms in total. The summed E-state index contributed by atoms with van der Waals surface area (Å²) in [5.41, 5.74) is 1.88. The number of carbonyl (C=O) groups excluding carboxylic acids is 3. The molecule has 3 heterocycles. The average molecular weight is 540 g/mol. The molecule has 2 saturated heterocycles. The van der Waals surface area contributed by atoms with E-state index in [2.05, 4.69) is 0 Å². The van der Waals surface area contributed by atoms with E-state index in [0.29, 0.717) is 44.0 Å². The fourth-order valence-corrected chi connectivity index (χ4v) is 5.87. The Labute approximate surface area is 227 Å². The maximum absolute atomic E-state index is 13.1. The number of thioether (sulfide) groups is 1. The highest BCUT2D eigenvalue weighted by atomic mass is 32.2. The monoisotopic (exact) mass is 539 g/mol. The van der Waals surface area contributed by atoms with Gasteiger partial charge in [-0.15, -0.1) is 11.8 Å². The van der Waals surface area contributed by atoms with E-state index in [-0.39, 0.29) is 24.0 Å². The van der Waals surface area contributed by atoms with Crippen molar-refractivity contribution in [3.63, 3.8) is 0 Å².